The van der Waals surface area contributed by atoms with Gasteiger partial charge in [-0.3, -0.25) is 4.79 Å². The molecule has 0 aromatic rings. The minimum Gasteiger partial charge on any atom is -0.465 e. The van der Waals surface area contributed by atoms with E-state index >= 15 is 0 Å². The number of amides is 2. The van der Waals surface area contributed by atoms with Gasteiger partial charge in [0.25, 0.3) is 0 Å². The van der Waals surface area contributed by atoms with Gasteiger partial charge in [0, 0.05) is 38.5 Å². The van der Waals surface area contributed by atoms with Gasteiger partial charge >= 0.3 is 6.09 Å². The summed E-state index contributed by atoms with van der Waals surface area (Å²) in [6.07, 6.45) is 2.09. The Bertz CT molecular complexity index is 318. The molecule has 2 amide bonds. The summed E-state index contributed by atoms with van der Waals surface area (Å²) in [6.45, 7) is 4.34. The van der Waals surface area contributed by atoms with Crippen molar-refractivity contribution in [2.24, 2.45) is 5.41 Å². The molecule has 1 unspecified atom stereocenters. The van der Waals surface area contributed by atoms with Crippen molar-refractivity contribution < 1.29 is 14.7 Å². The highest BCUT2D eigenvalue weighted by Gasteiger charge is 2.43. The lowest BCUT2D eigenvalue weighted by molar-refractivity contribution is -0.132. The van der Waals surface area contributed by atoms with Crippen LogP contribution in [0.5, 0.6) is 0 Å². The second-order valence-corrected chi connectivity index (χ2v) is 5.00. The van der Waals surface area contributed by atoms with Crippen LogP contribution in [0.25, 0.3) is 0 Å². The molecule has 90 valence electrons. The fourth-order valence-corrected chi connectivity index (χ4v) is 2.91. The van der Waals surface area contributed by atoms with Crippen molar-refractivity contribution in [3.05, 3.63) is 0 Å². The quantitative estimate of drug-likeness (QED) is 0.670. The third kappa shape index (κ3) is 1.99. The van der Waals surface area contributed by atoms with Gasteiger partial charge in [0.15, 0.2) is 0 Å². The van der Waals surface area contributed by atoms with E-state index in [-0.39, 0.29) is 11.3 Å². The van der Waals surface area contributed by atoms with Crippen LogP contribution in [0.1, 0.15) is 26.2 Å². The summed E-state index contributed by atoms with van der Waals surface area (Å²) < 4.78 is 0. The monoisotopic (exact) mass is 226 g/mol. The highest BCUT2D eigenvalue weighted by molar-refractivity contribution is 5.73. The maximum atomic E-state index is 11.4. The molecule has 1 spiro atoms. The van der Waals surface area contributed by atoms with Gasteiger partial charge in [0.2, 0.25) is 5.91 Å². The Kier molecular flexibility index (Phi) is 2.78. The van der Waals surface area contributed by atoms with Gasteiger partial charge in [-0.05, 0) is 19.3 Å². The highest BCUT2D eigenvalue weighted by atomic mass is 16.4. The number of hydrogen-bond donors (Lipinski definition) is 1. The van der Waals surface area contributed by atoms with E-state index in [0.717, 1.165) is 32.4 Å². The van der Waals surface area contributed by atoms with E-state index in [9.17, 15) is 9.59 Å². The molecule has 5 heteroatoms. The first kappa shape index (κ1) is 11.2. The predicted molar refractivity (Wildman–Crippen MR) is 58.1 cm³/mol. The van der Waals surface area contributed by atoms with Gasteiger partial charge in [-0.15, -0.1) is 0 Å². The van der Waals surface area contributed by atoms with E-state index in [1.807, 2.05) is 4.90 Å². The third-order valence-electron chi connectivity index (χ3n) is 3.82. The van der Waals surface area contributed by atoms with Gasteiger partial charge in [-0.1, -0.05) is 0 Å². The molecule has 0 aromatic carbocycles. The summed E-state index contributed by atoms with van der Waals surface area (Å²) in [6, 6.07) is 0. The molecular formula is C11H18N2O3. The average Bonchev–Trinajstić information content (AvgIpc) is 2.62. The molecular weight excluding hydrogens is 208 g/mol. The fourth-order valence-electron chi connectivity index (χ4n) is 2.91. The summed E-state index contributed by atoms with van der Waals surface area (Å²) in [5.74, 6) is 0.104. The van der Waals surface area contributed by atoms with Crippen molar-refractivity contribution in [3.8, 4) is 0 Å². The maximum absolute atomic E-state index is 11.4. The molecule has 2 aliphatic rings. The van der Waals surface area contributed by atoms with Gasteiger partial charge < -0.3 is 14.9 Å². The van der Waals surface area contributed by atoms with E-state index in [1.54, 1.807) is 6.92 Å². The maximum Gasteiger partial charge on any atom is 0.407 e. The molecule has 2 saturated heterocycles. The normalized spacial score (nSPS) is 29.8. The fraction of sp³-hybridized carbons (Fsp3) is 0.818. The SMILES string of the molecule is CC(=O)N1CCCC2(CCN(C(=O)O)C2)C1. The molecule has 1 atom stereocenters. The minimum absolute atomic E-state index is 0.0301. The predicted octanol–water partition coefficient (Wildman–Crippen LogP) is 0.999. The van der Waals surface area contributed by atoms with E-state index in [2.05, 4.69) is 0 Å². The minimum atomic E-state index is -0.836. The van der Waals surface area contributed by atoms with Crippen LogP contribution in [-0.4, -0.2) is 53.1 Å². The average molecular weight is 226 g/mol. The summed E-state index contributed by atoms with van der Waals surface area (Å²) in [5.41, 5.74) is 0.0301. The van der Waals surface area contributed by atoms with Crippen LogP contribution >= 0.6 is 0 Å². The largest absolute Gasteiger partial charge is 0.465 e. The molecule has 0 saturated carbocycles. The van der Waals surface area contributed by atoms with Crippen LogP contribution in [0.3, 0.4) is 0 Å². The number of carboxylic acid groups (broad SMARTS) is 1. The van der Waals surface area contributed by atoms with Crippen molar-refractivity contribution in [2.45, 2.75) is 26.2 Å². The number of nitrogens with zero attached hydrogens (tertiary/aromatic N) is 2. The lowest BCUT2D eigenvalue weighted by Gasteiger charge is -2.39. The van der Waals surface area contributed by atoms with E-state index in [0.29, 0.717) is 13.1 Å². The van der Waals surface area contributed by atoms with E-state index in [1.165, 1.54) is 4.90 Å². The Morgan fingerprint density at radius 3 is 2.38 bits per heavy atom. The zero-order valence-electron chi connectivity index (χ0n) is 9.61. The summed E-state index contributed by atoms with van der Waals surface area (Å²) in [7, 11) is 0. The Labute approximate surface area is 95.0 Å². The first-order valence-electron chi connectivity index (χ1n) is 5.76. The molecule has 2 aliphatic heterocycles. The van der Waals surface area contributed by atoms with Crippen LogP contribution in [0.2, 0.25) is 0 Å². The molecule has 2 fully saturated rings. The van der Waals surface area contributed by atoms with Crippen molar-refractivity contribution in [3.63, 3.8) is 0 Å². The summed E-state index contributed by atoms with van der Waals surface area (Å²) in [4.78, 5) is 25.6. The second-order valence-electron chi connectivity index (χ2n) is 5.00. The van der Waals surface area contributed by atoms with Crippen molar-refractivity contribution >= 4 is 12.0 Å². The van der Waals surface area contributed by atoms with E-state index < -0.39 is 6.09 Å². The number of carbonyl (C=O) groups is 2. The number of piperidine rings is 1. The second kappa shape index (κ2) is 3.96. The zero-order chi connectivity index (χ0) is 11.8. The molecule has 16 heavy (non-hydrogen) atoms. The van der Waals surface area contributed by atoms with Crippen LogP contribution in [0.4, 0.5) is 4.79 Å². The van der Waals surface area contributed by atoms with Gasteiger partial charge in [0.1, 0.15) is 0 Å². The molecule has 2 rings (SSSR count). The molecule has 2 heterocycles. The number of hydrogen-bond acceptors (Lipinski definition) is 2. The first-order chi connectivity index (χ1) is 7.52. The van der Waals surface area contributed by atoms with Crippen LogP contribution in [0, 0.1) is 5.41 Å². The van der Waals surface area contributed by atoms with Crippen LogP contribution in [0.15, 0.2) is 0 Å². The molecule has 5 nitrogen and oxygen atoms in total. The summed E-state index contributed by atoms with van der Waals surface area (Å²) in [5, 5.41) is 8.95. The van der Waals surface area contributed by atoms with Gasteiger partial charge in [-0.2, -0.15) is 0 Å². The van der Waals surface area contributed by atoms with Crippen LogP contribution < -0.4 is 0 Å². The number of carbonyl (C=O) groups excluding carboxylic acids is 1. The molecule has 1 N–H and O–H groups in total. The van der Waals surface area contributed by atoms with Crippen molar-refractivity contribution in [2.75, 3.05) is 26.2 Å². The molecule has 0 aliphatic carbocycles. The number of rotatable bonds is 0. The summed E-state index contributed by atoms with van der Waals surface area (Å²) >= 11 is 0. The topological polar surface area (TPSA) is 60.9 Å². The van der Waals surface area contributed by atoms with Gasteiger partial charge in [-0.25, -0.2) is 4.79 Å². The Morgan fingerprint density at radius 2 is 1.81 bits per heavy atom. The smallest absolute Gasteiger partial charge is 0.407 e. The zero-order valence-corrected chi connectivity index (χ0v) is 9.61. The van der Waals surface area contributed by atoms with Gasteiger partial charge in [0.05, 0.1) is 0 Å². The molecule has 0 aromatic heterocycles. The Morgan fingerprint density at radius 1 is 1.12 bits per heavy atom. The van der Waals surface area contributed by atoms with Crippen molar-refractivity contribution in [1.29, 1.82) is 0 Å². The molecule has 0 radical (unpaired) electrons. The Balaban J connectivity index is 2.03. The van der Waals surface area contributed by atoms with Crippen molar-refractivity contribution in [1.82, 2.24) is 9.80 Å². The molecule has 0 bridgehead atoms. The Hall–Kier alpha value is -1.26. The van der Waals surface area contributed by atoms with E-state index in [4.69, 9.17) is 5.11 Å². The van der Waals surface area contributed by atoms with Crippen LogP contribution in [-0.2, 0) is 4.79 Å². The lowest BCUT2D eigenvalue weighted by Crippen LogP contribution is -2.46. The standard InChI is InChI=1S/C11H18N2O3/c1-9(14)12-5-2-3-11(7-12)4-6-13(8-11)10(15)16/h2-8H2,1H3,(H,15,16). The number of likely N-dealkylation sites (tertiary alicyclic amines) is 2. The third-order valence-corrected chi connectivity index (χ3v) is 3.82. The first-order valence-corrected chi connectivity index (χ1v) is 5.76. The lowest BCUT2D eigenvalue weighted by atomic mass is 9.79. The highest BCUT2D eigenvalue weighted by Crippen LogP contribution is 2.38.